The fourth-order valence-electron chi connectivity index (χ4n) is 1.06. The summed E-state index contributed by atoms with van der Waals surface area (Å²) in [5.41, 5.74) is 0. The predicted molar refractivity (Wildman–Crippen MR) is 37.9 cm³/mol. The van der Waals surface area contributed by atoms with Gasteiger partial charge >= 0.3 is 6.03 Å². The Kier molecular flexibility index (Phi) is 1.80. The second-order valence-corrected chi connectivity index (χ2v) is 2.63. The summed E-state index contributed by atoms with van der Waals surface area (Å²) in [6.45, 7) is 1.23. The van der Waals surface area contributed by atoms with Gasteiger partial charge in [0.15, 0.2) is 0 Å². The van der Waals surface area contributed by atoms with E-state index in [0.29, 0.717) is 13.3 Å². The van der Waals surface area contributed by atoms with Crippen LogP contribution < -0.4 is 0 Å². The summed E-state index contributed by atoms with van der Waals surface area (Å²) in [4.78, 5) is 16.1. The molecule has 1 rings (SSSR count). The van der Waals surface area contributed by atoms with E-state index in [2.05, 4.69) is 7.05 Å². The number of carbonyl (C=O) groups excluding carboxylic acids is 1. The Balaban J connectivity index is 2.57. The average molecular weight is 142 g/mol. The fourth-order valence-corrected chi connectivity index (χ4v) is 1.06. The first-order valence-corrected chi connectivity index (χ1v) is 3.13. The van der Waals surface area contributed by atoms with Crippen LogP contribution in [0.4, 0.5) is 4.79 Å². The van der Waals surface area contributed by atoms with E-state index in [1.807, 2.05) is 4.90 Å². The van der Waals surface area contributed by atoms with Gasteiger partial charge in [-0.05, 0) is 0 Å². The molecule has 1 fully saturated rings. The van der Waals surface area contributed by atoms with Crippen LogP contribution in [0.5, 0.6) is 0 Å². The van der Waals surface area contributed by atoms with Crippen LogP contribution in [-0.4, -0.2) is 48.2 Å². The molecule has 0 aliphatic carbocycles. The molecule has 0 aromatic heterocycles. The molecule has 1 aliphatic heterocycles. The Labute approximate surface area is 61.0 Å². The van der Waals surface area contributed by atoms with Crippen molar-refractivity contribution in [3.05, 3.63) is 7.05 Å². The largest absolute Gasteiger partial charge is 0.321 e. The van der Waals surface area contributed by atoms with E-state index in [-0.39, 0.29) is 6.03 Å². The van der Waals surface area contributed by atoms with Crippen LogP contribution in [0.25, 0.3) is 0 Å². The van der Waals surface area contributed by atoms with E-state index in [0.717, 1.165) is 0 Å². The number of nitrogens with zero attached hydrogens (tertiary/aromatic N) is 3. The van der Waals surface area contributed by atoms with E-state index in [1.165, 1.54) is 0 Å². The molecule has 1 heterocycles. The number of hydrogen-bond acceptors (Lipinski definition) is 2. The number of hydrogen-bond donors (Lipinski definition) is 0. The predicted octanol–water partition coefficient (Wildman–Crippen LogP) is -0.00781. The van der Waals surface area contributed by atoms with Gasteiger partial charge in [0.1, 0.15) is 0 Å². The van der Waals surface area contributed by atoms with Crippen molar-refractivity contribution >= 4 is 6.03 Å². The maximum Gasteiger partial charge on any atom is 0.321 e. The minimum atomic E-state index is 0.0555. The third kappa shape index (κ3) is 1.21. The van der Waals surface area contributed by atoms with Crippen LogP contribution >= 0.6 is 0 Å². The zero-order valence-electron chi connectivity index (χ0n) is 6.37. The van der Waals surface area contributed by atoms with Crippen LogP contribution in [0.15, 0.2) is 0 Å². The summed E-state index contributed by atoms with van der Waals surface area (Å²) in [6, 6.07) is 0.0555. The quantitative estimate of drug-likeness (QED) is 0.475. The monoisotopic (exact) mass is 142 g/mol. The second kappa shape index (κ2) is 2.46. The molecule has 2 amide bonds. The molecular weight excluding hydrogens is 130 g/mol. The van der Waals surface area contributed by atoms with Gasteiger partial charge in [-0.15, -0.1) is 0 Å². The standard InChI is InChI=1S/C6H12N3O/c1-7-4-8(2)6(10)9(3)5-7/h1,4-5H2,2-3H3. The molecule has 0 bridgehead atoms. The first-order chi connectivity index (χ1) is 4.61. The van der Waals surface area contributed by atoms with Crippen molar-refractivity contribution < 1.29 is 4.79 Å². The van der Waals surface area contributed by atoms with Gasteiger partial charge in [0.25, 0.3) is 0 Å². The van der Waals surface area contributed by atoms with Crippen molar-refractivity contribution in [3.8, 4) is 0 Å². The summed E-state index contributed by atoms with van der Waals surface area (Å²) in [6.07, 6.45) is 0. The molecule has 1 saturated heterocycles. The lowest BCUT2D eigenvalue weighted by Gasteiger charge is -2.36. The Bertz CT molecular complexity index is 134. The van der Waals surface area contributed by atoms with Crippen LogP contribution in [0.3, 0.4) is 0 Å². The van der Waals surface area contributed by atoms with E-state index in [9.17, 15) is 4.79 Å². The Morgan fingerprint density at radius 3 is 2.10 bits per heavy atom. The van der Waals surface area contributed by atoms with E-state index < -0.39 is 0 Å². The lowest BCUT2D eigenvalue weighted by atomic mass is 10.5. The topological polar surface area (TPSA) is 26.8 Å². The fraction of sp³-hybridized carbons (Fsp3) is 0.667. The molecule has 10 heavy (non-hydrogen) atoms. The molecule has 1 aliphatic rings. The lowest BCUT2D eigenvalue weighted by Crippen LogP contribution is -2.52. The number of urea groups is 1. The molecule has 0 saturated carbocycles. The molecule has 1 radical (unpaired) electrons. The molecule has 0 spiro atoms. The summed E-state index contributed by atoms with van der Waals surface area (Å²) < 4.78 is 0. The van der Waals surface area contributed by atoms with Crippen LogP contribution in [0, 0.1) is 7.05 Å². The van der Waals surface area contributed by atoms with Crippen molar-refractivity contribution in [1.82, 2.24) is 14.7 Å². The second-order valence-electron chi connectivity index (χ2n) is 2.63. The number of carbonyl (C=O) groups is 1. The summed E-state index contributed by atoms with van der Waals surface area (Å²) in [5.74, 6) is 0. The summed E-state index contributed by atoms with van der Waals surface area (Å²) in [7, 11) is 7.25. The Morgan fingerprint density at radius 2 is 1.70 bits per heavy atom. The molecule has 0 aromatic rings. The Hall–Kier alpha value is -0.770. The maximum absolute atomic E-state index is 11.1. The zero-order valence-corrected chi connectivity index (χ0v) is 6.37. The Morgan fingerprint density at radius 1 is 1.30 bits per heavy atom. The van der Waals surface area contributed by atoms with E-state index in [4.69, 9.17) is 0 Å². The average Bonchev–Trinajstić information content (AvgIpc) is 1.82. The van der Waals surface area contributed by atoms with Gasteiger partial charge in [-0.1, -0.05) is 0 Å². The van der Waals surface area contributed by atoms with Crippen LogP contribution in [0.1, 0.15) is 0 Å². The smallest absolute Gasteiger partial charge is 0.315 e. The van der Waals surface area contributed by atoms with Gasteiger partial charge in [0.05, 0.1) is 13.3 Å². The van der Waals surface area contributed by atoms with Crippen LogP contribution in [0.2, 0.25) is 0 Å². The zero-order chi connectivity index (χ0) is 7.72. The van der Waals surface area contributed by atoms with Gasteiger partial charge in [0, 0.05) is 21.1 Å². The molecule has 4 heteroatoms. The highest BCUT2D eigenvalue weighted by Crippen LogP contribution is 2.03. The summed E-state index contributed by atoms with van der Waals surface area (Å²) in [5, 5.41) is 0. The molecule has 4 nitrogen and oxygen atoms in total. The van der Waals surface area contributed by atoms with Crippen molar-refractivity contribution in [2.45, 2.75) is 0 Å². The first kappa shape index (κ1) is 7.34. The van der Waals surface area contributed by atoms with Crippen molar-refractivity contribution in [3.63, 3.8) is 0 Å². The van der Waals surface area contributed by atoms with E-state index in [1.54, 1.807) is 23.9 Å². The van der Waals surface area contributed by atoms with Gasteiger partial charge in [-0.25, -0.2) is 4.79 Å². The number of rotatable bonds is 0. The van der Waals surface area contributed by atoms with Gasteiger partial charge < -0.3 is 9.80 Å². The molecule has 0 aromatic carbocycles. The normalized spacial score (nSPS) is 22.1. The van der Waals surface area contributed by atoms with Gasteiger partial charge in [-0.3, -0.25) is 4.90 Å². The first-order valence-electron chi connectivity index (χ1n) is 3.13. The molecule has 0 atom stereocenters. The van der Waals surface area contributed by atoms with Crippen molar-refractivity contribution in [2.75, 3.05) is 27.4 Å². The minimum absolute atomic E-state index is 0.0555. The molecule has 0 unspecified atom stereocenters. The number of amides is 2. The highest BCUT2D eigenvalue weighted by Gasteiger charge is 2.21. The summed E-state index contributed by atoms with van der Waals surface area (Å²) >= 11 is 0. The SMILES string of the molecule is [CH2]N1CN(C)C(=O)N(C)C1. The van der Waals surface area contributed by atoms with Crippen LogP contribution in [-0.2, 0) is 0 Å². The lowest BCUT2D eigenvalue weighted by molar-refractivity contribution is 0.0820. The molecular formula is C6H12N3O. The van der Waals surface area contributed by atoms with E-state index >= 15 is 0 Å². The third-order valence-corrected chi connectivity index (χ3v) is 1.48. The highest BCUT2D eigenvalue weighted by atomic mass is 16.2. The van der Waals surface area contributed by atoms with Gasteiger partial charge in [-0.2, -0.15) is 0 Å². The molecule has 57 valence electrons. The highest BCUT2D eigenvalue weighted by molar-refractivity contribution is 5.74. The van der Waals surface area contributed by atoms with Gasteiger partial charge in [0.2, 0.25) is 0 Å². The maximum atomic E-state index is 11.1. The third-order valence-electron chi connectivity index (χ3n) is 1.48. The molecule has 0 N–H and O–H groups in total. The minimum Gasteiger partial charge on any atom is -0.315 e. The van der Waals surface area contributed by atoms with Crippen molar-refractivity contribution in [2.24, 2.45) is 0 Å². The van der Waals surface area contributed by atoms with Crippen molar-refractivity contribution in [1.29, 1.82) is 0 Å².